The molecule has 0 aliphatic rings. The minimum absolute atomic E-state index is 0.00643. The molecule has 0 atom stereocenters. The molecule has 1 amide bonds. The van der Waals surface area contributed by atoms with Gasteiger partial charge in [0.2, 0.25) is 10.0 Å². The Morgan fingerprint density at radius 2 is 1.69 bits per heavy atom. The van der Waals surface area contributed by atoms with Crippen LogP contribution in [0.1, 0.15) is 35.3 Å². The van der Waals surface area contributed by atoms with E-state index in [1.165, 1.54) is 25.2 Å². The molecule has 0 aliphatic carbocycles. The maximum atomic E-state index is 13.0. The molecule has 0 fully saturated rings. The number of halogens is 4. The van der Waals surface area contributed by atoms with Crippen LogP contribution in [0.4, 0.5) is 13.2 Å². The van der Waals surface area contributed by atoms with Crippen molar-refractivity contribution in [1.29, 1.82) is 0 Å². The second-order valence-corrected chi connectivity index (χ2v) is 9.29. The first-order valence-electron chi connectivity index (χ1n) is 8.47. The SMILES string of the molecule is CNS(=O)(=O)c1ccc(Cl)c(C(=O)NCC(C)(C)c2cccc(C(F)(F)F)c2)c1. The average molecular weight is 449 g/mol. The number of alkyl halides is 3. The van der Waals surface area contributed by atoms with Gasteiger partial charge in [0.1, 0.15) is 0 Å². The predicted octanol–water partition coefficient (Wildman–Crippen LogP) is 3.97. The van der Waals surface area contributed by atoms with Gasteiger partial charge in [-0.15, -0.1) is 0 Å². The lowest BCUT2D eigenvalue weighted by Crippen LogP contribution is -2.37. The van der Waals surface area contributed by atoms with Crippen LogP contribution in [0.15, 0.2) is 47.4 Å². The van der Waals surface area contributed by atoms with Gasteiger partial charge in [0.05, 0.1) is 21.0 Å². The second kappa shape index (κ2) is 8.33. The summed E-state index contributed by atoms with van der Waals surface area (Å²) in [5, 5.41) is 2.66. The molecule has 29 heavy (non-hydrogen) atoms. The van der Waals surface area contributed by atoms with E-state index in [9.17, 15) is 26.4 Å². The van der Waals surface area contributed by atoms with Crippen molar-refractivity contribution in [2.24, 2.45) is 0 Å². The fourth-order valence-electron chi connectivity index (χ4n) is 2.58. The number of carbonyl (C=O) groups is 1. The summed E-state index contributed by atoms with van der Waals surface area (Å²) in [5.74, 6) is -0.636. The van der Waals surface area contributed by atoms with Gasteiger partial charge in [0, 0.05) is 12.0 Å². The van der Waals surface area contributed by atoms with Crippen molar-refractivity contribution >= 4 is 27.5 Å². The number of amides is 1. The van der Waals surface area contributed by atoms with Crippen LogP contribution in [0.2, 0.25) is 5.02 Å². The van der Waals surface area contributed by atoms with Gasteiger partial charge in [-0.1, -0.05) is 43.6 Å². The van der Waals surface area contributed by atoms with E-state index in [1.807, 2.05) is 0 Å². The molecule has 2 aromatic rings. The van der Waals surface area contributed by atoms with Crippen LogP contribution in [-0.2, 0) is 21.6 Å². The van der Waals surface area contributed by atoms with Gasteiger partial charge in [-0.25, -0.2) is 13.1 Å². The maximum Gasteiger partial charge on any atom is 0.416 e. The van der Waals surface area contributed by atoms with Gasteiger partial charge in [0.15, 0.2) is 0 Å². The highest BCUT2D eigenvalue weighted by Crippen LogP contribution is 2.32. The van der Waals surface area contributed by atoms with E-state index in [-0.39, 0.29) is 22.0 Å². The minimum atomic E-state index is -4.47. The predicted molar refractivity (Wildman–Crippen MR) is 105 cm³/mol. The van der Waals surface area contributed by atoms with E-state index in [0.29, 0.717) is 5.56 Å². The fourth-order valence-corrected chi connectivity index (χ4v) is 3.54. The summed E-state index contributed by atoms with van der Waals surface area (Å²) in [4.78, 5) is 12.4. The van der Waals surface area contributed by atoms with E-state index >= 15 is 0 Å². The molecule has 0 saturated carbocycles. The molecular formula is C19H20ClF3N2O3S. The molecule has 2 aromatic carbocycles. The summed E-state index contributed by atoms with van der Waals surface area (Å²) in [6.07, 6.45) is -4.47. The van der Waals surface area contributed by atoms with Gasteiger partial charge in [-0.3, -0.25) is 4.79 Å². The number of hydrogen-bond donors (Lipinski definition) is 2. The van der Waals surface area contributed by atoms with Crippen molar-refractivity contribution in [1.82, 2.24) is 10.0 Å². The van der Waals surface area contributed by atoms with E-state index in [4.69, 9.17) is 11.6 Å². The second-order valence-electron chi connectivity index (χ2n) is 6.99. The largest absolute Gasteiger partial charge is 0.416 e. The molecule has 0 aromatic heterocycles. The van der Waals surface area contributed by atoms with Crippen molar-refractivity contribution in [3.05, 3.63) is 64.2 Å². The summed E-state index contributed by atoms with van der Waals surface area (Å²) in [6.45, 7) is 3.38. The maximum absolute atomic E-state index is 13.0. The molecule has 0 aliphatic heterocycles. The van der Waals surface area contributed by atoms with Gasteiger partial charge in [-0.05, 0) is 36.9 Å². The quantitative estimate of drug-likeness (QED) is 0.702. The molecule has 0 unspecified atom stereocenters. The van der Waals surface area contributed by atoms with Crippen molar-refractivity contribution in [3.63, 3.8) is 0 Å². The summed E-state index contributed by atoms with van der Waals surface area (Å²) in [7, 11) is -2.53. The van der Waals surface area contributed by atoms with Crippen molar-refractivity contribution in [2.75, 3.05) is 13.6 Å². The molecule has 0 bridgehead atoms. The third-order valence-electron chi connectivity index (χ3n) is 4.42. The molecule has 0 radical (unpaired) electrons. The first-order valence-corrected chi connectivity index (χ1v) is 10.3. The van der Waals surface area contributed by atoms with Gasteiger partial charge >= 0.3 is 6.18 Å². The standard InChI is InChI=1S/C19H20ClF3N2O3S/c1-18(2,12-5-4-6-13(9-12)19(21,22)23)11-25-17(26)15-10-14(7-8-16(15)20)29(27,28)24-3/h4-10,24H,11H2,1-3H3,(H,25,26). The topological polar surface area (TPSA) is 75.3 Å². The monoisotopic (exact) mass is 448 g/mol. The van der Waals surface area contributed by atoms with Crippen LogP contribution in [0.25, 0.3) is 0 Å². The van der Waals surface area contributed by atoms with Crippen LogP contribution in [0, 0.1) is 0 Å². The molecule has 10 heteroatoms. The minimum Gasteiger partial charge on any atom is -0.351 e. The third-order valence-corrected chi connectivity index (χ3v) is 6.17. The number of hydrogen-bond acceptors (Lipinski definition) is 3. The Labute approximate surface area is 172 Å². The zero-order valence-electron chi connectivity index (χ0n) is 15.9. The Balaban J connectivity index is 2.23. The first-order chi connectivity index (χ1) is 13.3. The number of carbonyl (C=O) groups excluding carboxylic acids is 1. The lowest BCUT2D eigenvalue weighted by molar-refractivity contribution is -0.137. The van der Waals surface area contributed by atoms with Crippen LogP contribution >= 0.6 is 11.6 Å². The van der Waals surface area contributed by atoms with E-state index in [0.717, 1.165) is 18.2 Å². The summed E-state index contributed by atoms with van der Waals surface area (Å²) >= 11 is 6.02. The molecule has 2 N–H and O–H groups in total. The highest BCUT2D eigenvalue weighted by Gasteiger charge is 2.32. The van der Waals surface area contributed by atoms with E-state index < -0.39 is 33.1 Å². The molecule has 158 valence electrons. The van der Waals surface area contributed by atoms with Crippen LogP contribution in [-0.4, -0.2) is 27.9 Å². The Bertz CT molecular complexity index is 1020. The summed E-state index contributed by atoms with van der Waals surface area (Å²) < 4.78 is 64.9. The molecule has 5 nitrogen and oxygen atoms in total. The first kappa shape index (κ1) is 23.2. The molecule has 0 spiro atoms. The van der Waals surface area contributed by atoms with Crippen LogP contribution in [0.5, 0.6) is 0 Å². The van der Waals surface area contributed by atoms with Crippen molar-refractivity contribution < 1.29 is 26.4 Å². The third kappa shape index (κ3) is 5.49. The van der Waals surface area contributed by atoms with Gasteiger partial charge in [0.25, 0.3) is 5.91 Å². The highest BCUT2D eigenvalue weighted by atomic mass is 35.5. The summed E-state index contributed by atoms with van der Waals surface area (Å²) in [6, 6.07) is 8.57. The number of benzene rings is 2. The Kier molecular flexibility index (Phi) is 6.66. The van der Waals surface area contributed by atoms with E-state index in [2.05, 4.69) is 10.0 Å². The van der Waals surface area contributed by atoms with Gasteiger partial charge in [-0.2, -0.15) is 13.2 Å². The van der Waals surface area contributed by atoms with Crippen molar-refractivity contribution in [3.8, 4) is 0 Å². The zero-order valence-corrected chi connectivity index (χ0v) is 17.5. The lowest BCUT2D eigenvalue weighted by atomic mass is 9.83. The Morgan fingerprint density at radius 1 is 1.07 bits per heavy atom. The molecule has 2 rings (SSSR count). The number of sulfonamides is 1. The van der Waals surface area contributed by atoms with Crippen LogP contribution < -0.4 is 10.0 Å². The molecular weight excluding hydrogens is 429 g/mol. The zero-order chi connectivity index (χ0) is 22.0. The highest BCUT2D eigenvalue weighted by molar-refractivity contribution is 7.89. The lowest BCUT2D eigenvalue weighted by Gasteiger charge is -2.26. The smallest absolute Gasteiger partial charge is 0.351 e. The van der Waals surface area contributed by atoms with Crippen molar-refractivity contribution in [2.45, 2.75) is 30.3 Å². The Morgan fingerprint density at radius 3 is 2.28 bits per heavy atom. The summed E-state index contributed by atoms with van der Waals surface area (Å²) in [5.41, 5.74) is -1.26. The number of rotatable bonds is 6. The van der Waals surface area contributed by atoms with Gasteiger partial charge < -0.3 is 5.32 Å². The molecule has 0 saturated heterocycles. The van der Waals surface area contributed by atoms with E-state index in [1.54, 1.807) is 19.9 Å². The fraction of sp³-hybridized carbons (Fsp3) is 0.316. The normalized spacial score (nSPS) is 12.7. The number of nitrogens with one attached hydrogen (secondary N) is 2. The van der Waals surface area contributed by atoms with Crippen LogP contribution in [0.3, 0.4) is 0 Å². The average Bonchev–Trinajstić information content (AvgIpc) is 2.65. The molecule has 0 heterocycles. The Hall–Kier alpha value is -2.10.